The smallest absolute Gasteiger partial charge is 0.306 e. The highest BCUT2D eigenvalue weighted by Crippen LogP contribution is 2.31. The molecular weight excluding hydrogens is 452 g/mol. The van der Waals surface area contributed by atoms with E-state index in [-0.39, 0.29) is 25.6 Å². The maximum atomic E-state index is 11.5. The van der Waals surface area contributed by atoms with Crippen LogP contribution in [0, 0.1) is 11.8 Å². The second kappa shape index (κ2) is 15.0. The molecule has 0 radical (unpaired) electrons. The van der Waals surface area contributed by atoms with E-state index in [1.165, 1.54) is 0 Å². The average Bonchev–Trinajstić information content (AvgIpc) is 2.84. The lowest BCUT2D eigenvalue weighted by Gasteiger charge is -2.24. The van der Waals surface area contributed by atoms with Crippen molar-refractivity contribution < 1.29 is 29.2 Å². The molecule has 1 aromatic heterocycles. The van der Waals surface area contributed by atoms with Crippen LogP contribution in [0.5, 0.6) is 5.75 Å². The predicted molar refractivity (Wildman–Crippen MR) is 131 cm³/mol. The molecule has 0 saturated heterocycles. The number of aromatic nitrogens is 1. The van der Waals surface area contributed by atoms with Gasteiger partial charge in [-0.3, -0.25) is 9.78 Å². The van der Waals surface area contributed by atoms with Gasteiger partial charge >= 0.3 is 5.97 Å². The zero-order valence-corrected chi connectivity index (χ0v) is 20.4. The Kier molecular flexibility index (Phi) is 12.0. The van der Waals surface area contributed by atoms with Crippen molar-refractivity contribution in [1.29, 1.82) is 0 Å². The number of benzene rings is 1. The summed E-state index contributed by atoms with van der Waals surface area (Å²) in [5.74, 6) is -1.22. The Hall–Kier alpha value is -3.17. The molecule has 0 aliphatic rings. The molecule has 10 heteroatoms. The molecule has 0 aliphatic carbocycles. The van der Waals surface area contributed by atoms with E-state index < -0.39 is 24.0 Å². The first-order valence-electron chi connectivity index (χ1n) is 11.5. The first-order chi connectivity index (χ1) is 16.9. The van der Waals surface area contributed by atoms with Crippen molar-refractivity contribution in [1.82, 2.24) is 4.98 Å². The number of carbonyl (C=O) groups is 1. The molecule has 190 valence electrons. The lowest BCUT2D eigenvalue weighted by atomic mass is 9.88. The van der Waals surface area contributed by atoms with Gasteiger partial charge in [0.1, 0.15) is 5.75 Å². The molecule has 3 unspecified atom stereocenters. The molecule has 0 saturated carbocycles. The van der Waals surface area contributed by atoms with Gasteiger partial charge in [0, 0.05) is 43.0 Å². The lowest BCUT2D eigenvalue weighted by molar-refractivity contribution is -0.144. The molecule has 2 aromatic rings. The maximum absolute atomic E-state index is 11.5. The second-order valence-corrected chi connectivity index (χ2v) is 8.54. The first kappa shape index (κ1) is 28.1. The van der Waals surface area contributed by atoms with E-state index >= 15 is 0 Å². The van der Waals surface area contributed by atoms with Gasteiger partial charge in [0.05, 0.1) is 37.9 Å². The number of pyridine rings is 1. The van der Waals surface area contributed by atoms with E-state index in [9.17, 15) is 15.0 Å². The van der Waals surface area contributed by atoms with E-state index in [0.717, 1.165) is 23.1 Å². The van der Waals surface area contributed by atoms with Gasteiger partial charge < -0.3 is 24.4 Å². The Morgan fingerprint density at radius 1 is 1.20 bits per heavy atom. The minimum Gasteiger partial charge on any atom is -0.493 e. The van der Waals surface area contributed by atoms with Gasteiger partial charge in [-0.05, 0) is 47.2 Å². The molecule has 1 heterocycles. The fraction of sp³-hybridized carbons (Fsp3) is 0.520. The number of hydrogen-bond acceptors (Lipinski definition) is 7. The molecule has 0 fully saturated rings. The van der Waals surface area contributed by atoms with Crippen LogP contribution in [0.25, 0.3) is 21.6 Å². The van der Waals surface area contributed by atoms with Crippen LogP contribution < -0.4 is 4.74 Å². The van der Waals surface area contributed by atoms with Crippen LogP contribution in [0.1, 0.15) is 32.3 Å². The fourth-order valence-corrected chi connectivity index (χ4v) is 3.59. The Balaban J connectivity index is 2.07. The molecule has 0 bridgehead atoms. The minimum atomic E-state index is -1.14. The van der Waals surface area contributed by atoms with Crippen LogP contribution >= 0.6 is 0 Å². The highest BCUT2D eigenvalue weighted by atomic mass is 16.5. The van der Waals surface area contributed by atoms with Crippen molar-refractivity contribution in [3.05, 3.63) is 58.7 Å². The van der Waals surface area contributed by atoms with E-state index in [1.54, 1.807) is 33.4 Å². The van der Waals surface area contributed by atoms with Crippen LogP contribution in [-0.4, -0.2) is 60.2 Å². The van der Waals surface area contributed by atoms with Gasteiger partial charge in [0.25, 0.3) is 0 Å². The lowest BCUT2D eigenvalue weighted by Crippen LogP contribution is -2.34. The number of hydrogen-bond donors (Lipinski definition) is 2. The average molecular weight is 487 g/mol. The highest BCUT2D eigenvalue weighted by Gasteiger charge is 2.28. The number of rotatable bonds is 16. The zero-order chi connectivity index (χ0) is 25.6. The topological polar surface area (TPSA) is 147 Å². The fourth-order valence-electron chi connectivity index (χ4n) is 3.59. The molecular formula is C25H34N4O6. The zero-order valence-electron chi connectivity index (χ0n) is 20.4. The molecule has 3 atom stereocenters. The molecule has 0 spiro atoms. The summed E-state index contributed by atoms with van der Waals surface area (Å²) in [6.45, 7) is 4.77. The maximum Gasteiger partial charge on any atom is 0.306 e. The van der Waals surface area contributed by atoms with E-state index in [0.29, 0.717) is 19.0 Å². The summed E-state index contributed by atoms with van der Waals surface area (Å²) in [7, 11) is 1.64. The van der Waals surface area contributed by atoms with Crippen LogP contribution in [-0.2, 0) is 20.9 Å². The first-order valence-corrected chi connectivity index (χ1v) is 11.5. The van der Waals surface area contributed by atoms with Crippen LogP contribution in [0.2, 0.25) is 0 Å². The number of nitrogens with zero attached hydrogens (tertiary/aromatic N) is 4. The molecule has 10 nitrogen and oxygen atoms in total. The summed E-state index contributed by atoms with van der Waals surface area (Å²) in [5, 5.41) is 23.5. The Bertz CT molecular complexity index is 966. The normalized spacial score (nSPS) is 13.6. The molecule has 0 aliphatic heterocycles. The summed E-state index contributed by atoms with van der Waals surface area (Å²) in [5.41, 5.74) is 11.6. The van der Waals surface area contributed by atoms with Crippen molar-refractivity contribution >= 4 is 5.97 Å². The van der Waals surface area contributed by atoms with Crippen LogP contribution in [0.15, 0.2) is 47.8 Å². The summed E-state index contributed by atoms with van der Waals surface area (Å²) in [6.07, 6.45) is 3.02. The monoisotopic (exact) mass is 486 g/mol. The van der Waals surface area contributed by atoms with Crippen molar-refractivity contribution in [2.45, 2.75) is 45.4 Å². The van der Waals surface area contributed by atoms with Gasteiger partial charge in [0.15, 0.2) is 0 Å². The number of ether oxygens (including phenoxy) is 3. The van der Waals surface area contributed by atoms with E-state index in [4.69, 9.17) is 19.7 Å². The third-order valence-electron chi connectivity index (χ3n) is 5.61. The van der Waals surface area contributed by atoms with Gasteiger partial charge in [0.2, 0.25) is 0 Å². The number of aliphatic carboxylic acids is 1. The summed E-state index contributed by atoms with van der Waals surface area (Å²) < 4.78 is 16.8. The van der Waals surface area contributed by atoms with Crippen LogP contribution in [0.3, 0.4) is 0 Å². The Morgan fingerprint density at radius 2 is 1.94 bits per heavy atom. The number of aliphatic hydroxyl groups is 1. The third kappa shape index (κ3) is 9.18. The van der Waals surface area contributed by atoms with Crippen molar-refractivity contribution in [3.63, 3.8) is 0 Å². The van der Waals surface area contributed by atoms with Gasteiger partial charge in [-0.1, -0.05) is 31.1 Å². The quantitative estimate of drug-likeness (QED) is 0.154. The number of methoxy groups -OCH3 is 1. The van der Waals surface area contributed by atoms with E-state index in [1.807, 2.05) is 30.3 Å². The number of azide groups is 1. The van der Waals surface area contributed by atoms with Crippen LogP contribution in [0.4, 0.5) is 0 Å². The molecule has 0 amide bonds. The number of aliphatic hydroxyl groups excluding tert-OH is 1. The number of carboxylic acids is 1. The highest BCUT2D eigenvalue weighted by molar-refractivity contribution is 5.71. The standard InChI is InChI=1S/C25H34N4O6/c1-17(2)21(25(31)32)14-23(30)22(28-29-26)16-34-15-18-5-6-20(19-7-9-27-10-8-19)24(13-18)35-12-4-11-33-3/h5-10,13,17,21-23,30H,4,11-12,14-16H2,1-3H3,(H,31,32). The van der Waals surface area contributed by atoms with Crippen molar-refractivity contribution in [3.8, 4) is 16.9 Å². The summed E-state index contributed by atoms with van der Waals surface area (Å²) in [6, 6.07) is 8.65. The summed E-state index contributed by atoms with van der Waals surface area (Å²) >= 11 is 0. The Morgan fingerprint density at radius 3 is 2.57 bits per heavy atom. The third-order valence-corrected chi connectivity index (χ3v) is 5.61. The SMILES string of the molecule is COCCCOc1cc(COCC(N=[N+]=[N-])C(O)CC(C(=O)O)C(C)C)ccc1-c1ccncc1. The molecule has 1 aromatic carbocycles. The molecule has 2 rings (SSSR count). The molecule has 35 heavy (non-hydrogen) atoms. The minimum absolute atomic E-state index is 0.0276. The largest absolute Gasteiger partial charge is 0.493 e. The molecule has 2 N–H and O–H groups in total. The van der Waals surface area contributed by atoms with E-state index in [2.05, 4.69) is 15.0 Å². The van der Waals surface area contributed by atoms with Gasteiger partial charge in [-0.15, -0.1) is 0 Å². The van der Waals surface area contributed by atoms with Crippen molar-refractivity contribution in [2.24, 2.45) is 17.0 Å². The Labute approximate surface area is 205 Å². The van der Waals surface area contributed by atoms with Gasteiger partial charge in [-0.2, -0.15) is 0 Å². The second-order valence-electron chi connectivity index (χ2n) is 8.54. The predicted octanol–water partition coefficient (Wildman–Crippen LogP) is 4.47. The van der Waals surface area contributed by atoms with Crippen molar-refractivity contribution in [2.75, 3.05) is 26.9 Å². The van der Waals surface area contributed by atoms with Gasteiger partial charge in [-0.25, -0.2) is 0 Å². The summed E-state index contributed by atoms with van der Waals surface area (Å²) in [4.78, 5) is 18.3. The number of carboxylic acid groups (broad SMARTS) is 1.